The summed E-state index contributed by atoms with van der Waals surface area (Å²) in [4.78, 5) is 53.3. The van der Waals surface area contributed by atoms with Gasteiger partial charge < -0.3 is 37.9 Å². The first kappa shape index (κ1) is 94.9. The van der Waals surface area contributed by atoms with Crippen LogP contribution in [0.3, 0.4) is 0 Å². The van der Waals surface area contributed by atoms with Crippen molar-refractivity contribution in [2.45, 2.75) is 247 Å². The van der Waals surface area contributed by atoms with Crippen molar-refractivity contribution >= 4 is 61.5 Å². The van der Waals surface area contributed by atoms with E-state index in [4.69, 9.17) is 37.9 Å². The number of benzene rings is 12. The van der Waals surface area contributed by atoms with Gasteiger partial charge in [-0.15, -0.1) is 0 Å². The van der Waals surface area contributed by atoms with Crippen LogP contribution in [0.2, 0.25) is 0 Å². The first-order chi connectivity index (χ1) is 65.5. The van der Waals surface area contributed by atoms with Crippen LogP contribution >= 0.6 is 0 Å². The zero-order chi connectivity index (χ0) is 93.3. The molecule has 0 aromatic heterocycles. The summed E-state index contributed by atoms with van der Waals surface area (Å²) in [5, 5.41) is 0. The zero-order valence-corrected chi connectivity index (χ0v) is 83.3. The fourth-order valence-electron chi connectivity index (χ4n) is 24.4. The van der Waals surface area contributed by atoms with Crippen molar-refractivity contribution < 1.29 is 52.3 Å². The molecule has 12 bridgehead atoms. The second-order valence-electron chi connectivity index (χ2n) is 40.6. The quantitative estimate of drug-likeness (QED) is 0.0211. The number of ether oxygens (including phenoxy) is 8. The second-order valence-corrected chi connectivity index (χ2v) is 48.7. The SMILES string of the molecule is CC1(OC(=O)COc2ccc([S+](c3ccccc3)c3ccccc3)cc2)C2CC3CC(C2)CC1C3.Cc1cc(OCOC2C3CC4CC(C3)CC2C4)ccc1[S+](c1ccccc1)c1ccccc1.Cc1cc([S+](c2ccccc2)c2ccccc2)cc(C)c1OCC(=O)OC(C)(C)C.Cc1cc([S+](c2ccccc2)c2ccccc2)cc(C)c1OCC(=O)OC1(C)C2CC3CC(C2)CC1C3. The molecule has 0 spiro atoms. The van der Waals surface area contributed by atoms with Crippen molar-refractivity contribution in [3.05, 3.63) is 337 Å². The number of aryl methyl sites for hydroxylation is 5. The first-order valence-corrected chi connectivity index (χ1v) is 54.0. The molecule has 12 aliphatic carbocycles. The van der Waals surface area contributed by atoms with Gasteiger partial charge in [-0.1, -0.05) is 146 Å². The normalized spacial score (nSPS) is 24.4. The number of carbonyl (C=O) groups is 3. The Kier molecular flexibility index (Phi) is 30.0. The smallest absolute Gasteiger partial charge is 0.344 e. The maximum Gasteiger partial charge on any atom is 0.344 e. The zero-order valence-electron chi connectivity index (χ0n) is 80.0. The van der Waals surface area contributed by atoms with Gasteiger partial charge in [0.25, 0.3) is 0 Å². The van der Waals surface area contributed by atoms with Crippen LogP contribution in [0.4, 0.5) is 0 Å². The molecule has 0 atom stereocenters. The Morgan fingerprint density at radius 1 is 0.289 bits per heavy atom. The topological polar surface area (TPSA) is 125 Å². The number of carbonyl (C=O) groups excluding carboxylic acids is 3. The minimum absolute atomic E-state index is 0.0357. The Bertz CT molecular complexity index is 5670. The van der Waals surface area contributed by atoms with E-state index in [0.717, 1.165) is 86.8 Å². The van der Waals surface area contributed by atoms with Gasteiger partial charge >= 0.3 is 17.9 Å². The summed E-state index contributed by atoms with van der Waals surface area (Å²) < 4.78 is 48.1. The van der Waals surface area contributed by atoms with Crippen molar-refractivity contribution in [3.63, 3.8) is 0 Å². The lowest BCUT2D eigenvalue weighted by Gasteiger charge is -2.59. The van der Waals surface area contributed by atoms with E-state index in [1.807, 2.05) is 58.9 Å². The molecular weight excluding hydrogens is 1750 g/mol. The fourth-order valence-corrected chi connectivity index (χ4v) is 33.3. The third-order valence-electron chi connectivity index (χ3n) is 29.9. The van der Waals surface area contributed by atoms with Crippen LogP contribution in [-0.2, 0) is 76.9 Å². The monoisotopic (exact) mass is 1880 g/mol. The van der Waals surface area contributed by atoms with Crippen molar-refractivity contribution in [1.82, 2.24) is 0 Å². The first-order valence-electron chi connectivity index (χ1n) is 49.1. The number of rotatable bonds is 27. The van der Waals surface area contributed by atoms with Crippen LogP contribution < -0.4 is 18.9 Å². The van der Waals surface area contributed by atoms with Gasteiger partial charge in [-0.05, 0) is 398 Å². The van der Waals surface area contributed by atoms with Gasteiger partial charge in [0.05, 0.1) is 49.7 Å². The predicted octanol–water partition coefficient (Wildman–Crippen LogP) is 27.8. The molecule has 12 fully saturated rings. The van der Waals surface area contributed by atoms with Gasteiger partial charge in [-0.25, -0.2) is 14.4 Å². The lowest BCUT2D eigenvalue weighted by atomic mass is 9.50. The van der Waals surface area contributed by atoms with Crippen LogP contribution in [0.25, 0.3) is 0 Å². The van der Waals surface area contributed by atoms with Gasteiger partial charge in [-0.3, -0.25) is 0 Å². The van der Waals surface area contributed by atoms with Crippen molar-refractivity contribution in [2.75, 3.05) is 26.6 Å². The van der Waals surface area contributed by atoms with Crippen LogP contribution in [0, 0.1) is 106 Å². The molecule has 0 saturated heterocycles. The molecule has 135 heavy (non-hydrogen) atoms. The maximum absolute atomic E-state index is 13.0. The van der Waals surface area contributed by atoms with Crippen LogP contribution in [-0.4, -0.2) is 67.4 Å². The molecule has 0 N–H and O–H groups in total. The second kappa shape index (κ2) is 42.7. The minimum Gasteiger partial charge on any atom is -0.482 e. The van der Waals surface area contributed by atoms with Crippen molar-refractivity contribution in [3.8, 4) is 23.0 Å². The van der Waals surface area contributed by atoms with E-state index in [1.54, 1.807) is 0 Å². The molecule has 0 heterocycles. The molecule has 698 valence electrons. The Morgan fingerprint density at radius 2 is 0.563 bits per heavy atom. The summed E-state index contributed by atoms with van der Waals surface area (Å²) in [5.74, 6) is 11.3. The van der Waals surface area contributed by atoms with Gasteiger partial charge in [0.1, 0.15) is 39.8 Å². The molecule has 11 nitrogen and oxygen atoms in total. The highest BCUT2D eigenvalue weighted by Crippen LogP contribution is 2.62. The fraction of sp³-hybridized carbons (Fsp3) is 0.375. The molecule has 0 radical (unpaired) electrons. The Morgan fingerprint density at radius 3 is 0.874 bits per heavy atom. The lowest BCUT2D eigenvalue weighted by Crippen LogP contribution is -2.58. The number of esters is 3. The molecule has 12 saturated carbocycles. The largest absolute Gasteiger partial charge is 0.482 e. The van der Waals surface area contributed by atoms with Gasteiger partial charge in [0.2, 0.25) is 0 Å². The summed E-state index contributed by atoms with van der Waals surface area (Å²) >= 11 is 0. The van der Waals surface area contributed by atoms with Crippen molar-refractivity contribution in [1.29, 1.82) is 0 Å². The van der Waals surface area contributed by atoms with Crippen LogP contribution in [0.15, 0.2) is 368 Å². The Hall–Kier alpha value is -10.4. The molecule has 12 aromatic rings. The summed E-state index contributed by atoms with van der Waals surface area (Å²) in [6.07, 6.45) is 20.0. The number of hydrogen-bond acceptors (Lipinski definition) is 11. The van der Waals surface area contributed by atoms with Crippen molar-refractivity contribution in [2.24, 2.45) is 71.0 Å². The highest BCUT2D eigenvalue weighted by Gasteiger charge is 2.59. The summed E-state index contributed by atoms with van der Waals surface area (Å²) in [6, 6.07) is 109. The average Bonchev–Trinajstić information content (AvgIpc) is 0.735. The third-order valence-corrected chi connectivity index (χ3v) is 38.9. The Labute approximate surface area is 812 Å². The predicted molar refractivity (Wildman–Crippen MR) is 542 cm³/mol. The highest BCUT2D eigenvalue weighted by atomic mass is 32.2. The highest BCUT2D eigenvalue weighted by molar-refractivity contribution is 7.98. The van der Waals surface area contributed by atoms with E-state index in [-0.39, 0.29) is 92.5 Å². The molecule has 0 unspecified atom stereocenters. The Balaban J connectivity index is 0.000000120. The lowest BCUT2D eigenvalue weighted by molar-refractivity contribution is -0.205. The van der Waals surface area contributed by atoms with E-state index < -0.39 is 5.60 Å². The summed E-state index contributed by atoms with van der Waals surface area (Å²) in [5.41, 5.74) is 4.24. The molecule has 0 aliphatic heterocycles. The number of hydrogen-bond donors (Lipinski definition) is 0. The average molecular weight is 1880 g/mol. The molecule has 12 aliphatic rings. The van der Waals surface area contributed by atoms with Gasteiger partial charge in [0, 0.05) is 29.8 Å². The van der Waals surface area contributed by atoms with E-state index in [9.17, 15) is 14.4 Å². The van der Waals surface area contributed by atoms with E-state index in [2.05, 4.69) is 320 Å². The van der Waals surface area contributed by atoms with E-state index in [0.29, 0.717) is 42.3 Å². The molecule has 0 amide bonds. The van der Waals surface area contributed by atoms with Gasteiger partial charge in [0.15, 0.2) is 85.4 Å². The summed E-state index contributed by atoms with van der Waals surface area (Å²) in [7, 11) is -0.762. The standard InChI is InChI=1S/C33H37O3S.C31H33O3S.C30H33O2S.C26H29O3S/c1-22-14-30(37(28-10-6-4-7-11-28)29-12-8-5-9-13-29)15-23(2)32(22)35-21-31(34)36-33(3)26-17-24-16-25(19-26)20-27(33)18-24;1-31(24-17-22-16-23(19-24)20-25(31)18-22)34-30(32)21-33-26-12-14-29(15-13-26)35(27-8-4-2-5-9-27)28-10-6-3-7-11-28;1-21-14-26(31-20-32-30-24-16-22-15-23(18-24)19-25(30)17-22)12-13-29(21)33(27-8-4-2-5-9-27)28-10-6-3-7-11-28;1-19-16-23(17-20(2)25(19)28-18-24(27)29-26(3,4)5)30(21-12-8-6-9-13-21)22-14-10-7-11-15-22/h4-15,24-27H,16-21H2,1-3H3;2-15,22-25H,16-21H2,1H3;2-14,22-25,30H,15-20H2,1H3;6-17H,18H2,1-5H3/q4*+1. The molecular formula is C120H132O11S4+4. The summed E-state index contributed by atoms with van der Waals surface area (Å²) in [6.45, 7) is 20.5. The maximum atomic E-state index is 13.0. The molecule has 12 aromatic carbocycles. The third kappa shape index (κ3) is 22.6. The minimum atomic E-state index is -0.520. The van der Waals surface area contributed by atoms with E-state index in [1.165, 1.54) is 161 Å². The molecule has 15 heteroatoms. The molecule has 24 rings (SSSR count). The van der Waals surface area contributed by atoms with Crippen LogP contribution in [0.1, 0.15) is 159 Å². The van der Waals surface area contributed by atoms with Crippen LogP contribution in [0.5, 0.6) is 23.0 Å². The van der Waals surface area contributed by atoms with E-state index >= 15 is 0 Å². The van der Waals surface area contributed by atoms with Gasteiger partial charge in [-0.2, -0.15) is 0 Å².